The fourth-order valence-corrected chi connectivity index (χ4v) is 2.52. The minimum Gasteiger partial charge on any atom is -0.397 e. The van der Waals surface area contributed by atoms with Crippen LogP contribution < -0.4 is 10.5 Å². The summed E-state index contributed by atoms with van der Waals surface area (Å²) in [6.45, 7) is 0.0163. The number of hydrogen-bond donors (Lipinski definition) is 2. The van der Waals surface area contributed by atoms with Crippen LogP contribution in [0.25, 0.3) is 0 Å². The molecular weight excluding hydrogens is 281 g/mol. The minimum atomic E-state index is -4.19. The van der Waals surface area contributed by atoms with Crippen LogP contribution >= 0.6 is 0 Å². The van der Waals surface area contributed by atoms with Crippen LogP contribution in [0.4, 0.5) is 15.8 Å². The number of nitro groups is 1. The van der Waals surface area contributed by atoms with Crippen LogP contribution in [0.3, 0.4) is 0 Å². The lowest BCUT2D eigenvalue weighted by Gasteiger charge is -2.09. The van der Waals surface area contributed by atoms with Crippen molar-refractivity contribution in [1.82, 2.24) is 4.72 Å². The van der Waals surface area contributed by atoms with Gasteiger partial charge in [0.05, 0.1) is 23.3 Å². The molecule has 19 heavy (non-hydrogen) atoms. The van der Waals surface area contributed by atoms with Crippen LogP contribution in [0.1, 0.15) is 0 Å². The number of hydrogen-bond acceptors (Lipinski definition) is 6. The molecule has 0 atom stereocenters. The van der Waals surface area contributed by atoms with Crippen molar-refractivity contribution in [3.8, 4) is 0 Å². The summed E-state index contributed by atoms with van der Waals surface area (Å²) in [5.74, 6) is -1.28. The van der Waals surface area contributed by atoms with Gasteiger partial charge in [0.1, 0.15) is 4.90 Å². The van der Waals surface area contributed by atoms with E-state index in [1.807, 2.05) is 0 Å². The quantitative estimate of drug-likeness (QED) is 0.335. The Morgan fingerprint density at radius 1 is 1.53 bits per heavy atom. The maximum Gasteiger partial charge on any atom is 0.274 e. The number of halogens is 1. The monoisotopic (exact) mass is 293 g/mol. The lowest BCUT2D eigenvalue weighted by Crippen LogP contribution is -2.28. The average molecular weight is 293 g/mol. The van der Waals surface area contributed by atoms with Crippen molar-refractivity contribution < 1.29 is 22.5 Å². The van der Waals surface area contributed by atoms with E-state index in [9.17, 15) is 22.9 Å². The van der Waals surface area contributed by atoms with Gasteiger partial charge in [-0.25, -0.2) is 17.5 Å². The first-order valence-electron chi connectivity index (χ1n) is 5.01. The van der Waals surface area contributed by atoms with E-state index in [0.29, 0.717) is 6.07 Å². The van der Waals surface area contributed by atoms with E-state index in [-0.39, 0.29) is 13.2 Å². The first-order valence-corrected chi connectivity index (χ1v) is 6.50. The van der Waals surface area contributed by atoms with Gasteiger partial charge in [0.25, 0.3) is 5.69 Å². The SMILES string of the molecule is COCCNS(=O)(=O)c1c(N)cc([N+](=O)[O-])cc1F. The highest BCUT2D eigenvalue weighted by Gasteiger charge is 2.25. The molecule has 0 bridgehead atoms. The lowest BCUT2D eigenvalue weighted by molar-refractivity contribution is -0.385. The highest BCUT2D eigenvalue weighted by Crippen LogP contribution is 2.27. The number of ether oxygens (including phenoxy) is 1. The number of methoxy groups -OCH3 is 1. The van der Waals surface area contributed by atoms with E-state index in [1.54, 1.807) is 0 Å². The number of anilines is 1. The van der Waals surface area contributed by atoms with Gasteiger partial charge in [-0.2, -0.15) is 0 Å². The standard InChI is InChI=1S/C9H12FN3O5S/c1-18-3-2-12-19(16,17)9-7(10)4-6(13(14)15)5-8(9)11/h4-5,12H,2-3,11H2,1H3. The van der Waals surface area contributed by atoms with E-state index in [1.165, 1.54) is 7.11 Å². The largest absolute Gasteiger partial charge is 0.397 e. The zero-order valence-corrected chi connectivity index (χ0v) is 10.7. The zero-order valence-electron chi connectivity index (χ0n) is 9.92. The summed E-state index contributed by atoms with van der Waals surface area (Å²) < 4.78 is 43.9. The Bertz CT molecular complexity index is 567. The molecule has 0 aliphatic rings. The Hall–Kier alpha value is -1.78. The minimum absolute atomic E-state index is 0.0747. The van der Waals surface area contributed by atoms with Crippen LogP contribution in [0.5, 0.6) is 0 Å². The molecule has 0 fully saturated rings. The van der Waals surface area contributed by atoms with Gasteiger partial charge >= 0.3 is 0 Å². The number of nitrogens with two attached hydrogens (primary N) is 1. The Morgan fingerprint density at radius 3 is 2.63 bits per heavy atom. The second-order valence-electron chi connectivity index (χ2n) is 3.49. The zero-order chi connectivity index (χ0) is 14.6. The molecule has 1 aromatic carbocycles. The normalized spacial score (nSPS) is 11.5. The van der Waals surface area contributed by atoms with Crippen molar-refractivity contribution in [2.24, 2.45) is 0 Å². The topological polar surface area (TPSA) is 125 Å². The summed E-state index contributed by atoms with van der Waals surface area (Å²) in [6.07, 6.45) is 0. The number of nitrogens with zero attached hydrogens (tertiary/aromatic N) is 1. The van der Waals surface area contributed by atoms with Crippen LogP contribution in [0.15, 0.2) is 17.0 Å². The van der Waals surface area contributed by atoms with Gasteiger partial charge in [0.15, 0.2) is 5.82 Å². The predicted molar refractivity (Wildman–Crippen MR) is 64.5 cm³/mol. The maximum absolute atomic E-state index is 13.6. The highest BCUT2D eigenvalue weighted by molar-refractivity contribution is 7.89. The molecule has 0 spiro atoms. The molecule has 0 aliphatic heterocycles. The van der Waals surface area contributed by atoms with Crippen molar-refractivity contribution in [2.75, 3.05) is 26.0 Å². The molecule has 0 saturated heterocycles. The third kappa shape index (κ3) is 3.59. The fraction of sp³-hybridized carbons (Fsp3) is 0.333. The molecule has 1 rings (SSSR count). The number of sulfonamides is 1. The molecule has 0 amide bonds. The summed E-state index contributed by atoms with van der Waals surface area (Å²) in [7, 11) is -2.82. The molecule has 0 heterocycles. The van der Waals surface area contributed by atoms with Crippen molar-refractivity contribution in [3.63, 3.8) is 0 Å². The third-order valence-corrected chi connectivity index (χ3v) is 3.69. The van der Waals surface area contributed by atoms with Crippen LogP contribution in [0, 0.1) is 15.9 Å². The van der Waals surface area contributed by atoms with E-state index in [2.05, 4.69) is 9.46 Å². The smallest absolute Gasteiger partial charge is 0.274 e. The van der Waals surface area contributed by atoms with Crippen molar-refractivity contribution in [1.29, 1.82) is 0 Å². The summed E-state index contributed by atoms with van der Waals surface area (Å²) in [5.41, 5.74) is 4.20. The van der Waals surface area contributed by atoms with E-state index in [4.69, 9.17) is 5.73 Å². The lowest BCUT2D eigenvalue weighted by atomic mass is 10.3. The molecule has 0 radical (unpaired) electrons. The molecule has 0 saturated carbocycles. The molecule has 106 valence electrons. The van der Waals surface area contributed by atoms with Gasteiger partial charge in [-0.1, -0.05) is 0 Å². The molecule has 10 heteroatoms. The Labute approximate surface area is 108 Å². The van der Waals surface area contributed by atoms with Crippen molar-refractivity contribution in [3.05, 3.63) is 28.1 Å². The number of rotatable bonds is 6. The molecule has 0 aromatic heterocycles. The fourth-order valence-electron chi connectivity index (χ4n) is 1.34. The van der Waals surface area contributed by atoms with Gasteiger partial charge in [0, 0.05) is 19.7 Å². The second kappa shape index (κ2) is 5.91. The first-order chi connectivity index (χ1) is 8.79. The predicted octanol–water partition coefficient (Wildman–Crippen LogP) is 0.241. The Morgan fingerprint density at radius 2 is 2.16 bits per heavy atom. The van der Waals surface area contributed by atoms with Crippen molar-refractivity contribution >= 4 is 21.4 Å². The Balaban J connectivity index is 3.17. The Kier molecular flexibility index (Phi) is 4.75. The van der Waals surface area contributed by atoms with Gasteiger partial charge in [-0.05, 0) is 0 Å². The summed E-state index contributed by atoms with van der Waals surface area (Å²) in [6, 6.07) is 1.29. The summed E-state index contributed by atoms with van der Waals surface area (Å²) >= 11 is 0. The van der Waals surface area contributed by atoms with E-state index in [0.717, 1.165) is 6.07 Å². The van der Waals surface area contributed by atoms with Gasteiger partial charge in [0.2, 0.25) is 10.0 Å². The summed E-state index contributed by atoms with van der Waals surface area (Å²) in [5, 5.41) is 10.5. The molecule has 8 nitrogen and oxygen atoms in total. The van der Waals surface area contributed by atoms with Crippen LogP contribution in [-0.4, -0.2) is 33.6 Å². The van der Waals surface area contributed by atoms with Gasteiger partial charge < -0.3 is 10.5 Å². The second-order valence-corrected chi connectivity index (χ2v) is 5.20. The van der Waals surface area contributed by atoms with Gasteiger partial charge in [-0.15, -0.1) is 0 Å². The van der Waals surface area contributed by atoms with Gasteiger partial charge in [-0.3, -0.25) is 10.1 Å². The van der Waals surface area contributed by atoms with E-state index < -0.39 is 37.0 Å². The number of nitrogens with one attached hydrogen (secondary N) is 1. The maximum atomic E-state index is 13.6. The molecule has 1 aromatic rings. The molecule has 0 aliphatic carbocycles. The molecule has 0 unspecified atom stereocenters. The number of benzene rings is 1. The number of non-ortho nitro benzene ring substituents is 1. The highest BCUT2D eigenvalue weighted by atomic mass is 32.2. The third-order valence-electron chi connectivity index (χ3n) is 2.13. The van der Waals surface area contributed by atoms with Crippen LogP contribution in [0.2, 0.25) is 0 Å². The van der Waals surface area contributed by atoms with E-state index >= 15 is 0 Å². The first kappa shape index (κ1) is 15.3. The van der Waals surface area contributed by atoms with Crippen molar-refractivity contribution in [2.45, 2.75) is 4.90 Å². The average Bonchev–Trinajstić information content (AvgIpc) is 2.27. The molecular formula is C9H12FN3O5S. The molecule has 3 N–H and O–H groups in total. The number of nitrogen functional groups attached to an aromatic ring is 1. The summed E-state index contributed by atoms with van der Waals surface area (Å²) in [4.78, 5) is 8.80. The number of nitro benzene ring substituents is 1. The van der Waals surface area contributed by atoms with Crippen LogP contribution in [-0.2, 0) is 14.8 Å².